The Bertz CT molecular complexity index is 1280. The first-order valence-electron chi connectivity index (χ1n) is 11.6. The lowest BCUT2D eigenvalue weighted by Crippen LogP contribution is -2.53. The zero-order valence-electron chi connectivity index (χ0n) is 18.3. The van der Waals surface area contributed by atoms with Crippen molar-refractivity contribution in [3.05, 3.63) is 69.5 Å². The molecule has 0 spiro atoms. The van der Waals surface area contributed by atoms with Crippen LogP contribution in [0.15, 0.2) is 41.3 Å². The van der Waals surface area contributed by atoms with Crippen molar-refractivity contribution in [2.75, 3.05) is 26.2 Å². The summed E-state index contributed by atoms with van der Waals surface area (Å²) in [6.45, 7) is 3.73. The van der Waals surface area contributed by atoms with Crippen molar-refractivity contribution in [3.8, 4) is 5.75 Å². The fraction of sp³-hybridized carbons (Fsp3) is 0.440. The third kappa shape index (κ3) is 3.72. The van der Waals surface area contributed by atoms with Gasteiger partial charge in [-0.05, 0) is 42.6 Å². The second-order valence-electron chi connectivity index (χ2n) is 9.36. The molecule has 3 atom stereocenters. The van der Waals surface area contributed by atoms with Crippen molar-refractivity contribution < 1.29 is 14.2 Å². The predicted octanol–water partition coefficient (Wildman–Crippen LogP) is 1.79. The van der Waals surface area contributed by atoms with Crippen LogP contribution in [0.4, 0.5) is 4.39 Å². The van der Waals surface area contributed by atoms with E-state index in [0.717, 1.165) is 41.7 Å². The Hall–Kier alpha value is -2.81. The lowest BCUT2D eigenvalue weighted by Gasteiger charge is -2.37. The van der Waals surface area contributed by atoms with Crippen LogP contribution in [0.3, 0.4) is 0 Å². The van der Waals surface area contributed by atoms with Crippen LogP contribution < -0.4 is 15.6 Å². The summed E-state index contributed by atoms with van der Waals surface area (Å²) < 4.78 is 22.0. The quantitative estimate of drug-likeness (QED) is 0.617. The molecule has 0 amide bonds. The molecule has 172 valence electrons. The molecule has 1 aromatic carbocycles. The Labute approximate surface area is 190 Å². The molecule has 0 aliphatic carbocycles. The Morgan fingerprint density at radius 3 is 3.00 bits per heavy atom. The Morgan fingerprint density at radius 1 is 1.24 bits per heavy atom. The van der Waals surface area contributed by atoms with E-state index in [4.69, 9.17) is 4.74 Å². The minimum Gasteiger partial charge on any atom is -0.491 e. The van der Waals surface area contributed by atoms with Crippen LogP contribution in [-0.4, -0.2) is 57.9 Å². The van der Waals surface area contributed by atoms with Crippen LogP contribution in [0.25, 0.3) is 10.9 Å². The summed E-state index contributed by atoms with van der Waals surface area (Å²) in [5, 5.41) is 15.1. The Kier molecular flexibility index (Phi) is 5.16. The molecule has 3 aromatic rings. The fourth-order valence-electron chi connectivity index (χ4n) is 5.60. The first-order valence-corrected chi connectivity index (χ1v) is 11.6. The number of likely N-dealkylation sites (tertiary alicyclic amines) is 1. The van der Waals surface area contributed by atoms with Gasteiger partial charge in [-0.25, -0.2) is 4.39 Å². The summed E-state index contributed by atoms with van der Waals surface area (Å²) in [4.78, 5) is 19.0. The highest BCUT2D eigenvalue weighted by atomic mass is 19.1. The number of halogens is 1. The zero-order valence-corrected chi connectivity index (χ0v) is 18.3. The molecule has 0 saturated carbocycles. The predicted molar refractivity (Wildman–Crippen MR) is 122 cm³/mol. The number of hydrogen-bond donors (Lipinski definition) is 2. The van der Waals surface area contributed by atoms with Crippen LogP contribution in [-0.2, 0) is 19.5 Å². The normalized spacial score (nSPS) is 24.2. The van der Waals surface area contributed by atoms with E-state index < -0.39 is 6.10 Å². The second-order valence-corrected chi connectivity index (χ2v) is 9.36. The summed E-state index contributed by atoms with van der Waals surface area (Å²) in [6, 6.07) is 8.60. The van der Waals surface area contributed by atoms with Crippen molar-refractivity contribution in [1.29, 1.82) is 0 Å². The Morgan fingerprint density at radius 2 is 2.12 bits per heavy atom. The number of β-amino-alcohol motifs (C(OH)–C–C–N with tert-alkyl or cyclic N) is 1. The van der Waals surface area contributed by atoms with Crippen LogP contribution >= 0.6 is 0 Å². The lowest BCUT2D eigenvalue weighted by atomic mass is 9.96. The first-order chi connectivity index (χ1) is 16.1. The third-order valence-corrected chi connectivity index (χ3v) is 7.27. The number of ether oxygens (including phenoxy) is 1. The Balaban J connectivity index is 1.10. The molecule has 7 nitrogen and oxygen atoms in total. The van der Waals surface area contributed by atoms with E-state index in [1.165, 1.54) is 11.6 Å². The number of pyridine rings is 2. The van der Waals surface area contributed by atoms with Crippen molar-refractivity contribution in [2.24, 2.45) is 0 Å². The van der Waals surface area contributed by atoms with E-state index in [9.17, 15) is 14.3 Å². The van der Waals surface area contributed by atoms with Gasteiger partial charge in [0.1, 0.15) is 11.6 Å². The van der Waals surface area contributed by atoms with Crippen molar-refractivity contribution >= 4 is 10.9 Å². The summed E-state index contributed by atoms with van der Waals surface area (Å²) in [7, 11) is 0. The average Bonchev–Trinajstić information content (AvgIpc) is 3.43. The molecule has 6 rings (SSSR count). The number of nitrogens with one attached hydrogen (secondary N) is 1. The molecule has 2 aromatic heterocycles. The number of benzene rings is 1. The number of hydrogen-bond acceptors (Lipinski definition) is 6. The number of piperidine rings is 1. The summed E-state index contributed by atoms with van der Waals surface area (Å²) >= 11 is 0. The van der Waals surface area contributed by atoms with Crippen molar-refractivity contribution in [3.63, 3.8) is 0 Å². The molecule has 1 unspecified atom stereocenters. The summed E-state index contributed by atoms with van der Waals surface area (Å²) in [6.07, 6.45) is 2.96. The summed E-state index contributed by atoms with van der Waals surface area (Å²) in [5.74, 6) is 0.516. The molecule has 5 heterocycles. The first kappa shape index (κ1) is 20.8. The number of aliphatic hydroxyl groups is 1. The second kappa shape index (κ2) is 8.20. The van der Waals surface area contributed by atoms with Crippen LogP contribution in [0, 0.1) is 5.82 Å². The molecule has 33 heavy (non-hydrogen) atoms. The van der Waals surface area contributed by atoms with Gasteiger partial charge in [-0.2, -0.15) is 0 Å². The molecule has 1 saturated heterocycles. The average molecular weight is 451 g/mol. The van der Waals surface area contributed by atoms with Crippen LogP contribution in [0.1, 0.15) is 29.2 Å². The maximum absolute atomic E-state index is 14.8. The fourth-order valence-corrected chi connectivity index (χ4v) is 5.60. The molecule has 8 heteroatoms. The van der Waals surface area contributed by atoms with Gasteiger partial charge in [0.2, 0.25) is 0 Å². The minimum absolute atomic E-state index is 0.0175. The van der Waals surface area contributed by atoms with Crippen LogP contribution in [0.2, 0.25) is 0 Å². The maximum atomic E-state index is 14.8. The van der Waals surface area contributed by atoms with Crippen molar-refractivity contribution in [2.45, 2.75) is 44.0 Å². The van der Waals surface area contributed by atoms with Gasteiger partial charge in [0.25, 0.3) is 5.56 Å². The van der Waals surface area contributed by atoms with Gasteiger partial charge in [0.15, 0.2) is 0 Å². The van der Waals surface area contributed by atoms with E-state index in [-0.39, 0.29) is 23.3 Å². The zero-order chi connectivity index (χ0) is 22.5. The highest BCUT2D eigenvalue weighted by Crippen LogP contribution is 2.35. The number of aromatic nitrogens is 2. The molecular formula is C25H27FN4O3. The SMILES string of the molecule is O=c1ccc2ccc(F)c3c2n1CC3CN1CC[C@H](NCc2cc3c(cn2)OCC3)[C@H](O)C1. The van der Waals surface area contributed by atoms with Gasteiger partial charge >= 0.3 is 0 Å². The van der Waals surface area contributed by atoms with Gasteiger partial charge < -0.3 is 19.7 Å². The highest BCUT2D eigenvalue weighted by molar-refractivity contribution is 5.84. The van der Waals surface area contributed by atoms with E-state index in [2.05, 4.69) is 21.3 Å². The van der Waals surface area contributed by atoms with Gasteiger partial charge in [-0.3, -0.25) is 14.7 Å². The maximum Gasteiger partial charge on any atom is 0.251 e. The van der Waals surface area contributed by atoms with Gasteiger partial charge in [0, 0.05) is 61.8 Å². The number of nitrogens with zero attached hydrogens (tertiary/aromatic N) is 3. The largest absolute Gasteiger partial charge is 0.491 e. The van der Waals surface area contributed by atoms with Gasteiger partial charge in [-0.15, -0.1) is 0 Å². The number of fused-ring (bicyclic) bond motifs is 1. The monoisotopic (exact) mass is 450 g/mol. The molecule has 0 bridgehead atoms. The van der Waals surface area contributed by atoms with E-state index >= 15 is 0 Å². The van der Waals surface area contributed by atoms with Gasteiger partial charge in [-0.1, -0.05) is 0 Å². The topological polar surface area (TPSA) is 79.6 Å². The molecular weight excluding hydrogens is 423 g/mol. The molecule has 1 fully saturated rings. The van der Waals surface area contributed by atoms with E-state index in [0.29, 0.717) is 38.3 Å². The smallest absolute Gasteiger partial charge is 0.251 e. The lowest BCUT2D eigenvalue weighted by molar-refractivity contribution is 0.0367. The molecule has 0 radical (unpaired) electrons. The van der Waals surface area contributed by atoms with Crippen LogP contribution in [0.5, 0.6) is 5.75 Å². The standard InChI is InChI=1S/C25H27FN4O3/c26-19-3-1-15-2-4-23(32)30-13-17(24(19)25(15)30)12-29-7-5-20(21(31)14-29)28-10-18-9-16-6-8-33-22(16)11-27-18/h1-4,9,11,17,20-21,28,31H,5-8,10,12-14H2/t17?,20-,21+/m0/s1. The van der Waals surface area contributed by atoms with E-state index in [1.54, 1.807) is 29.0 Å². The minimum atomic E-state index is -0.524. The molecule has 3 aliphatic heterocycles. The third-order valence-electron chi connectivity index (χ3n) is 7.27. The molecule has 3 aliphatic rings. The van der Waals surface area contributed by atoms with E-state index in [1.807, 2.05) is 0 Å². The number of rotatable bonds is 5. The molecule has 2 N–H and O–H groups in total. The highest BCUT2D eigenvalue weighted by Gasteiger charge is 2.33. The van der Waals surface area contributed by atoms with Crippen molar-refractivity contribution in [1.82, 2.24) is 19.8 Å². The summed E-state index contributed by atoms with van der Waals surface area (Å²) in [5.41, 5.74) is 3.40. The van der Waals surface area contributed by atoms with Gasteiger partial charge in [0.05, 0.1) is 30.1 Å². The number of aliphatic hydroxyl groups excluding tert-OH is 1.